The van der Waals surface area contributed by atoms with Crippen molar-refractivity contribution in [2.24, 2.45) is 5.92 Å². The molecule has 29 heavy (non-hydrogen) atoms. The van der Waals surface area contributed by atoms with Gasteiger partial charge in [-0.05, 0) is 44.9 Å². The quantitative estimate of drug-likeness (QED) is 0.482. The molecule has 1 unspecified atom stereocenters. The van der Waals surface area contributed by atoms with E-state index in [0.29, 0.717) is 11.6 Å². The number of hydrogen-bond donors (Lipinski definition) is 1. The maximum atomic E-state index is 14.4. The van der Waals surface area contributed by atoms with Crippen LogP contribution in [0.25, 0.3) is 0 Å². The number of carbonyl (C=O) groups excluding carboxylic acids is 2. The molecule has 0 saturated carbocycles. The summed E-state index contributed by atoms with van der Waals surface area (Å²) in [5, 5.41) is 1.77. The lowest BCUT2D eigenvalue weighted by Gasteiger charge is -2.25. The molecule has 7 heteroatoms. The zero-order chi connectivity index (χ0) is 21.8. The molecule has 156 valence electrons. The number of anilines is 1. The summed E-state index contributed by atoms with van der Waals surface area (Å²) in [6.07, 6.45) is 0. The largest absolute Gasteiger partial charge is 0.459 e. The topological polar surface area (TPSA) is 55.4 Å². The average molecular weight is 422 g/mol. The van der Waals surface area contributed by atoms with Gasteiger partial charge in [0.25, 0.3) is 5.91 Å². The highest BCUT2D eigenvalue weighted by atomic mass is 32.2. The third-order valence-corrected chi connectivity index (χ3v) is 5.36. The number of rotatable bonds is 6. The Bertz CT molecular complexity index is 880. The van der Waals surface area contributed by atoms with E-state index in [1.54, 1.807) is 51.1 Å². The molecule has 0 radical (unpaired) electrons. The van der Waals surface area contributed by atoms with Gasteiger partial charge in [-0.3, -0.25) is 9.59 Å². The molecule has 4 nitrogen and oxygen atoms in total. The molecule has 1 amide bonds. The SMILES string of the molecule is CC(C)C(Sc1cc(NC(=O)c2ccccc2)c(F)cc1F)C(=O)OC(C)(C)C. The van der Waals surface area contributed by atoms with E-state index in [0.717, 1.165) is 11.8 Å². The minimum absolute atomic E-state index is 0.0549. The molecule has 2 rings (SSSR count). The Morgan fingerprint density at radius 2 is 1.66 bits per heavy atom. The van der Waals surface area contributed by atoms with E-state index >= 15 is 0 Å². The van der Waals surface area contributed by atoms with E-state index in [1.807, 2.05) is 13.8 Å². The van der Waals surface area contributed by atoms with Gasteiger partial charge in [-0.1, -0.05) is 32.0 Å². The minimum atomic E-state index is -0.894. The molecule has 1 atom stereocenters. The molecule has 0 aliphatic heterocycles. The smallest absolute Gasteiger partial charge is 0.320 e. The molecule has 2 aromatic carbocycles. The molecule has 1 N–H and O–H groups in total. The van der Waals surface area contributed by atoms with Crippen molar-refractivity contribution in [2.45, 2.75) is 50.4 Å². The molecule has 0 aliphatic carbocycles. The summed E-state index contributed by atoms with van der Waals surface area (Å²) in [5.74, 6) is -2.84. The monoisotopic (exact) mass is 421 g/mol. The molecule has 2 aromatic rings. The highest BCUT2D eigenvalue weighted by molar-refractivity contribution is 8.00. The van der Waals surface area contributed by atoms with Crippen molar-refractivity contribution < 1.29 is 23.1 Å². The number of nitrogens with one attached hydrogen (secondary N) is 1. The summed E-state index contributed by atoms with van der Waals surface area (Å²) in [5.41, 5.74) is -0.491. The van der Waals surface area contributed by atoms with E-state index in [9.17, 15) is 18.4 Å². The Labute approximate surface area is 174 Å². The Hall–Kier alpha value is -2.41. The van der Waals surface area contributed by atoms with E-state index in [-0.39, 0.29) is 16.5 Å². The zero-order valence-electron chi connectivity index (χ0n) is 17.1. The maximum Gasteiger partial charge on any atom is 0.320 e. The Morgan fingerprint density at radius 3 is 2.21 bits per heavy atom. The number of amides is 1. The summed E-state index contributed by atoms with van der Waals surface area (Å²) in [6, 6.07) is 10.2. The first-order valence-corrected chi connectivity index (χ1v) is 10.1. The molecule has 0 heterocycles. The molecule has 0 aliphatic rings. The van der Waals surface area contributed by atoms with Crippen LogP contribution in [0.1, 0.15) is 45.0 Å². The molecule has 0 spiro atoms. The van der Waals surface area contributed by atoms with E-state index in [2.05, 4.69) is 5.32 Å². The third kappa shape index (κ3) is 6.56. The Morgan fingerprint density at radius 1 is 1.03 bits per heavy atom. The highest BCUT2D eigenvalue weighted by Crippen LogP contribution is 2.34. The number of halogens is 2. The molecule has 0 aromatic heterocycles. The van der Waals surface area contributed by atoms with Crippen LogP contribution in [0.4, 0.5) is 14.5 Å². The third-order valence-electron chi connectivity index (χ3n) is 3.80. The van der Waals surface area contributed by atoms with E-state index in [1.165, 1.54) is 6.07 Å². The fourth-order valence-electron chi connectivity index (χ4n) is 2.45. The van der Waals surface area contributed by atoms with Gasteiger partial charge in [-0.25, -0.2) is 8.78 Å². The zero-order valence-corrected chi connectivity index (χ0v) is 17.9. The molecule has 0 bridgehead atoms. The number of benzene rings is 2. The van der Waals surface area contributed by atoms with Gasteiger partial charge >= 0.3 is 5.97 Å². The normalized spacial score (nSPS) is 12.6. The fraction of sp³-hybridized carbons (Fsp3) is 0.364. The van der Waals surface area contributed by atoms with Crippen LogP contribution in [0.15, 0.2) is 47.4 Å². The molecular weight excluding hydrogens is 396 g/mol. The second kappa shape index (κ2) is 9.39. The van der Waals surface area contributed by atoms with E-state index < -0.39 is 34.4 Å². The fourth-order valence-corrected chi connectivity index (χ4v) is 3.50. The van der Waals surface area contributed by atoms with Gasteiger partial charge in [-0.15, -0.1) is 11.8 Å². The number of hydrogen-bond acceptors (Lipinski definition) is 4. The summed E-state index contributed by atoms with van der Waals surface area (Å²) < 4.78 is 34.0. The van der Waals surface area contributed by atoms with Crippen molar-refractivity contribution in [3.05, 3.63) is 59.7 Å². The number of thioether (sulfide) groups is 1. The first kappa shape index (κ1) is 22.9. The first-order chi connectivity index (χ1) is 13.5. The van der Waals surface area contributed by atoms with Crippen LogP contribution >= 0.6 is 11.8 Å². The molecule has 0 saturated heterocycles. The predicted octanol–water partition coefficient (Wildman–Crippen LogP) is 5.68. The Kier molecular flexibility index (Phi) is 7.41. The standard InChI is InChI=1S/C22H25F2NO3S/c1-13(2)19(21(27)28-22(3,4)5)29-18-12-17(15(23)11-16(18)24)25-20(26)14-9-7-6-8-10-14/h6-13,19H,1-5H3,(H,25,26). The van der Waals surface area contributed by atoms with Crippen LogP contribution in [0, 0.1) is 17.6 Å². The van der Waals surface area contributed by atoms with Gasteiger partial charge < -0.3 is 10.1 Å². The summed E-state index contributed by atoms with van der Waals surface area (Å²) >= 11 is 0.950. The Balaban J connectivity index is 2.27. The second-order valence-corrected chi connectivity index (χ2v) is 9.08. The number of ether oxygens (including phenoxy) is 1. The second-order valence-electron chi connectivity index (χ2n) is 7.90. The van der Waals surface area contributed by atoms with Gasteiger partial charge in [0.2, 0.25) is 0 Å². The number of carbonyl (C=O) groups is 2. The van der Waals surface area contributed by atoms with Crippen LogP contribution < -0.4 is 5.32 Å². The lowest BCUT2D eigenvalue weighted by atomic mass is 10.1. The molecule has 0 fully saturated rings. The van der Waals surface area contributed by atoms with Crippen molar-refractivity contribution >= 4 is 29.3 Å². The number of esters is 1. The van der Waals surface area contributed by atoms with Crippen LogP contribution in [0.5, 0.6) is 0 Å². The lowest BCUT2D eigenvalue weighted by molar-refractivity contribution is -0.154. The van der Waals surface area contributed by atoms with Crippen molar-refractivity contribution in [2.75, 3.05) is 5.32 Å². The van der Waals surface area contributed by atoms with Gasteiger partial charge in [0, 0.05) is 16.5 Å². The van der Waals surface area contributed by atoms with Gasteiger partial charge in [-0.2, -0.15) is 0 Å². The summed E-state index contributed by atoms with van der Waals surface area (Å²) in [6.45, 7) is 8.90. The maximum absolute atomic E-state index is 14.4. The summed E-state index contributed by atoms with van der Waals surface area (Å²) in [4.78, 5) is 24.9. The van der Waals surface area contributed by atoms with Crippen molar-refractivity contribution in [1.29, 1.82) is 0 Å². The van der Waals surface area contributed by atoms with E-state index in [4.69, 9.17) is 4.74 Å². The van der Waals surface area contributed by atoms with Gasteiger partial charge in [0.15, 0.2) is 0 Å². The van der Waals surface area contributed by atoms with Crippen molar-refractivity contribution in [1.82, 2.24) is 0 Å². The lowest BCUT2D eigenvalue weighted by Crippen LogP contribution is -2.33. The summed E-state index contributed by atoms with van der Waals surface area (Å²) in [7, 11) is 0. The minimum Gasteiger partial charge on any atom is -0.459 e. The van der Waals surface area contributed by atoms with Crippen LogP contribution in [0.3, 0.4) is 0 Å². The van der Waals surface area contributed by atoms with Crippen LogP contribution in [-0.4, -0.2) is 22.7 Å². The van der Waals surface area contributed by atoms with Crippen molar-refractivity contribution in [3.63, 3.8) is 0 Å². The predicted molar refractivity (Wildman–Crippen MR) is 111 cm³/mol. The van der Waals surface area contributed by atoms with Gasteiger partial charge in [0.05, 0.1) is 5.69 Å². The van der Waals surface area contributed by atoms with Crippen molar-refractivity contribution in [3.8, 4) is 0 Å². The first-order valence-electron chi connectivity index (χ1n) is 9.23. The molecular formula is C22H25F2NO3S. The van der Waals surface area contributed by atoms with Gasteiger partial charge in [0.1, 0.15) is 22.5 Å². The highest BCUT2D eigenvalue weighted by Gasteiger charge is 2.30. The van der Waals surface area contributed by atoms with Crippen LogP contribution in [0.2, 0.25) is 0 Å². The van der Waals surface area contributed by atoms with Crippen LogP contribution in [-0.2, 0) is 9.53 Å². The average Bonchev–Trinajstić information content (AvgIpc) is 2.61.